The first-order valence-corrected chi connectivity index (χ1v) is 11.8. The molecule has 170 valence electrons. The quantitative estimate of drug-likeness (QED) is 0.268. The van der Waals surface area contributed by atoms with Gasteiger partial charge < -0.3 is 4.74 Å². The van der Waals surface area contributed by atoms with Crippen molar-refractivity contribution in [1.29, 1.82) is 5.26 Å². The molecule has 0 aliphatic carbocycles. The van der Waals surface area contributed by atoms with Gasteiger partial charge >= 0.3 is 0 Å². The van der Waals surface area contributed by atoms with Gasteiger partial charge in [0.2, 0.25) is 0 Å². The monoisotopic (exact) mass is 534 g/mol. The lowest BCUT2D eigenvalue weighted by atomic mass is 10.1. The predicted octanol–water partition coefficient (Wildman–Crippen LogP) is 6.10. The number of fused-ring (bicyclic) bond motifs is 1. The van der Waals surface area contributed by atoms with Crippen LogP contribution in [0.4, 0.5) is 0 Å². The van der Waals surface area contributed by atoms with Crippen molar-refractivity contribution in [2.75, 3.05) is 0 Å². The predicted molar refractivity (Wildman–Crippen MR) is 138 cm³/mol. The number of benzene rings is 3. The van der Waals surface area contributed by atoms with E-state index in [1.807, 2.05) is 37.3 Å². The van der Waals surface area contributed by atoms with Crippen molar-refractivity contribution in [2.45, 2.75) is 26.4 Å². The van der Waals surface area contributed by atoms with E-state index in [2.05, 4.69) is 32.1 Å². The number of rotatable bonds is 7. The molecule has 8 heteroatoms. The molecule has 0 saturated carbocycles. The van der Waals surface area contributed by atoms with Crippen LogP contribution in [0.1, 0.15) is 35.9 Å². The number of halogens is 2. The van der Waals surface area contributed by atoms with Gasteiger partial charge in [-0.05, 0) is 54.4 Å². The highest BCUT2D eigenvalue weighted by Crippen LogP contribution is 2.26. The second-order valence-electron chi connectivity index (χ2n) is 7.55. The Morgan fingerprint density at radius 3 is 2.79 bits per heavy atom. The smallest absolute Gasteiger partial charge is 0.282 e. The van der Waals surface area contributed by atoms with E-state index >= 15 is 0 Å². The Bertz CT molecular complexity index is 1490. The third-order valence-electron chi connectivity index (χ3n) is 5.15. The van der Waals surface area contributed by atoms with Crippen LogP contribution in [0.3, 0.4) is 0 Å². The standard InChI is InChI=1S/C26H20BrClN4O2/c1-2-5-25-31-23-10-9-20(27)13-21(23)26(33)32(25)30-15-17-8-11-24(22(28)12-17)34-16-19-7-4-3-6-18(19)14-29/h3-4,6-13,15H,2,5,16H2,1H3. The van der Waals surface area contributed by atoms with E-state index in [0.717, 1.165) is 16.5 Å². The number of hydrogen-bond donors (Lipinski definition) is 0. The van der Waals surface area contributed by atoms with Gasteiger partial charge in [0.15, 0.2) is 0 Å². The summed E-state index contributed by atoms with van der Waals surface area (Å²) in [5.41, 5.74) is 2.47. The van der Waals surface area contributed by atoms with Crippen LogP contribution in [-0.2, 0) is 13.0 Å². The Morgan fingerprint density at radius 1 is 1.21 bits per heavy atom. The lowest BCUT2D eigenvalue weighted by Crippen LogP contribution is -2.22. The Morgan fingerprint density at radius 2 is 2.03 bits per heavy atom. The average Bonchev–Trinajstić information content (AvgIpc) is 2.84. The van der Waals surface area contributed by atoms with Gasteiger partial charge in [-0.2, -0.15) is 15.0 Å². The largest absolute Gasteiger partial charge is 0.487 e. The van der Waals surface area contributed by atoms with Gasteiger partial charge in [0.05, 0.1) is 33.8 Å². The minimum Gasteiger partial charge on any atom is -0.487 e. The zero-order valence-electron chi connectivity index (χ0n) is 18.3. The Kier molecular flexibility index (Phi) is 7.41. The first-order chi connectivity index (χ1) is 16.5. The summed E-state index contributed by atoms with van der Waals surface area (Å²) in [6, 6.07) is 20.1. The molecular formula is C26H20BrClN4O2. The van der Waals surface area contributed by atoms with Crippen molar-refractivity contribution in [3.8, 4) is 11.8 Å². The second kappa shape index (κ2) is 10.6. The van der Waals surface area contributed by atoms with Crippen molar-refractivity contribution in [1.82, 2.24) is 9.66 Å². The Hall–Kier alpha value is -3.47. The van der Waals surface area contributed by atoms with Gasteiger partial charge in [-0.15, -0.1) is 0 Å². The van der Waals surface area contributed by atoms with Crippen molar-refractivity contribution < 1.29 is 4.74 Å². The van der Waals surface area contributed by atoms with Gasteiger partial charge in [-0.25, -0.2) is 4.98 Å². The molecule has 0 spiro atoms. The molecule has 0 amide bonds. The summed E-state index contributed by atoms with van der Waals surface area (Å²) in [5, 5.41) is 14.5. The average molecular weight is 536 g/mol. The van der Waals surface area contributed by atoms with Gasteiger partial charge in [-0.1, -0.05) is 52.7 Å². The molecule has 0 atom stereocenters. The molecule has 3 aromatic carbocycles. The van der Waals surface area contributed by atoms with Crippen LogP contribution in [0.15, 0.2) is 75.0 Å². The molecule has 34 heavy (non-hydrogen) atoms. The number of hydrogen-bond acceptors (Lipinski definition) is 5. The van der Waals surface area contributed by atoms with Crippen molar-refractivity contribution in [3.05, 3.63) is 103 Å². The van der Waals surface area contributed by atoms with Gasteiger partial charge in [-0.3, -0.25) is 4.79 Å². The minimum atomic E-state index is -0.229. The highest BCUT2D eigenvalue weighted by atomic mass is 79.9. The maximum atomic E-state index is 13.1. The van der Waals surface area contributed by atoms with Crippen LogP contribution < -0.4 is 10.3 Å². The first kappa shape index (κ1) is 23.7. The SMILES string of the molecule is CCCc1nc2ccc(Br)cc2c(=O)n1N=Cc1ccc(OCc2ccccc2C#N)c(Cl)c1. The number of nitriles is 1. The van der Waals surface area contributed by atoms with E-state index in [1.54, 1.807) is 36.5 Å². The second-order valence-corrected chi connectivity index (χ2v) is 8.87. The summed E-state index contributed by atoms with van der Waals surface area (Å²) in [5.74, 6) is 1.09. The van der Waals surface area contributed by atoms with Gasteiger partial charge in [0.25, 0.3) is 5.56 Å². The van der Waals surface area contributed by atoms with Crippen molar-refractivity contribution in [2.24, 2.45) is 5.10 Å². The van der Waals surface area contributed by atoms with E-state index in [1.165, 1.54) is 4.68 Å². The highest BCUT2D eigenvalue weighted by Gasteiger charge is 2.11. The number of nitrogens with zero attached hydrogens (tertiary/aromatic N) is 4. The molecular weight excluding hydrogens is 516 g/mol. The molecule has 6 nitrogen and oxygen atoms in total. The van der Waals surface area contributed by atoms with E-state index < -0.39 is 0 Å². The molecule has 0 unspecified atom stereocenters. The topological polar surface area (TPSA) is 80.3 Å². The molecule has 0 aliphatic heterocycles. The van der Waals surface area contributed by atoms with E-state index in [4.69, 9.17) is 16.3 Å². The zero-order valence-corrected chi connectivity index (χ0v) is 20.7. The number of ether oxygens (including phenoxy) is 1. The normalized spacial score (nSPS) is 11.1. The highest BCUT2D eigenvalue weighted by molar-refractivity contribution is 9.10. The third-order valence-corrected chi connectivity index (χ3v) is 5.94. The third kappa shape index (κ3) is 5.19. The molecule has 0 fully saturated rings. The molecule has 0 bridgehead atoms. The molecule has 4 aromatic rings. The Labute approximate surface area is 210 Å². The Balaban J connectivity index is 1.60. The van der Waals surface area contributed by atoms with E-state index in [9.17, 15) is 10.1 Å². The molecule has 1 aromatic heterocycles. The van der Waals surface area contributed by atoms with Crippen molar-refractivity contribution >= 4 is 44.6 Å². The lowest BCUT2D eigenvalue weighted by Gasteiger charge is -2.10. The molecule has 1 heterocycles. The fourth-order valence-electron chi connectivity index (χ4n) is 3.45. The van der Waals surface area contributed by atoms with Crippen LogP contribution in [0, 0.1) is 11.3 Å². The number of aromatic nitrogens is 2. The van der Waals surface area contributed by atoms with Crippen molar-refractivity contribution in [3.63, 3.8) is 0 Å². The number of aryl methyl sites for hydroxylation is 1. The minimum absolute atomic E-state index is 0.227. The lowest BCUT2D eigenvalue weighted by molar-refractivity contribution is 0.306. The summed E-state index contributed by atoms with van der Waals surface area (Å²) < 4.78 is 7.96. The van der Waals surface area contributed by atoms with Crippen LogP contribution in [-0.4, -0.2) is 15.9 Å². The van der Waals surface area contributed by atoms with Crippen LogP contribution in [0.2, 0.25) is 5.02 Å². The summed E-state index contributed by atoms with van der Waals surface area (Å²) in [4.78, 5) is 17.7. The van der Waals surface area contributed by atoms with Crippen LogP contribution in [0.5, 0.6) is 5.75 Å². The molecule has 0 aliphatic rings. The summed E-state index contributed by atoms with van der Waals surface area (Å²) >= 11 is 9.83. The van der Waals surface area contributed by atoms with Gasteiger partial charge in [0, 0.05) is 16.5 Å². The maximum absolute atomic E-state index is 13.1. The van der Waals surface area contributed by atoms with Gasteiger partial charge in [0.1, 0.15) is 18.2 Å². The fraction of sp³-hybridized carbons (Fsp3) is 0.154. The maximum Gasteiger partial charge on any atom is 0.282 e. The van der Waals surface area contributed by atoms with E-state index in [-0.39, 0.29) is 12.2 Å². The molecule has 4 rings (SSSR count). The zero-order chi connectivity index (χ0) is 24.1. The van der Waals surface area contributed by atoms with Crippen LogP contribution >= 0.6 is 27.5 Å². The summed E-state index contributed by atoms with van der Waals surface area (Å²) in [7, 11) is 0. The molecule has 0 radical (unpaired) electrons. The van der Waals surface area contributed by atoms with E-state index in [0.29, 0.717) is 45.0 Å². The molecule has 0 saturated heterocycles. The first-order valence-electron chi connectivity index (χ1n) is 10.7. The van der Waals surface area contributed by atoms with Crippen LogP contribution in [0.25, 0.3) is 10.9 Å². The fourth-order valence-corrected chi connectivity index (χ4v) is 4.05. The summed E-state index contributed by atoms with van der Waals surface area (Å²) in [6.45, 7) is 2.25. The molecule has 0 N–H and O–H groups in total. The summed E-state index contributed by atoms with van der Waals surface area (Å²) in [6.07, 6.45) is 3.03.